The van der Waals surface area contributed by atoms with Gasteiger partial charge in [0.2, 0.25) is 0 Å². The van der Waals surface area contributed by atoms with E-state index in [1.54, 1.807) is 26.1 Å². The number of hydrogen-bond donors (Lipinski definition) is 0. The molecule has 1 aromatic heterocycles. The molecule has 0 saturated heterocycles. The fraction of sp³-hybridized carbons (Fsp3) is 0.214. The van der Waals surface area contributed by atoms with Crippen molar-refractivity contribution in [3.05, 3.63) is 58.3 Å². The van der Waals surface area contributed by atoms with Gasteiger partial charge in [-0.1, -0.05) is 17.7 Å². The summed E-state index contributed by atoms with van der Waals surface area (Å²) in [5.41, 5.74) is 1.04. The summed E-state index contributed by atoms with van der Waals surface area (Å²) < 4.78 is 18.8. The third-order valence-electron chi connectivity index (χ3n) is 2.86. The molecule has 19 heavy (non-hydrogen) atoms. The molecule has 0 aliphatic carbocycles. The Hall–Kier alpha value is -1.81. The van der Waals surface area contributed by atoms with Crippen LogP contribution < -0.4 is 0 Å². The first-order chi connectivity index (χ1) is 9.00. The molecular formula is C14H13ClFNO2. The van der Waals surface area contributed by atoms with E-state index < -0.39 is 5.82 Å². The maximum Gasteiger partial charge on any atom is 0.289 e. The topological polar surface area (TPSA) is 33.5 Å². The zero-order valence-electron chi connectivity index (χ0n) is 10.6. The summed E-state index contributed by atoms with van der Waals surface area (Å²) in [5.74, 6) is -0.472. The van der Waals surface area contributed by atoms with E-state index in [1.165, 1.54) is 23.3 Å². The molecule has 100 valence electrons. The molecule has 0 aliphatic rings. The largest absolute Gasteiger partial charge is 0.459 e. The van der Waals surface area contributed by atoms with Crippen LogP contribution in [-0.2, 0) is 6.54 Å². The smallest absolute Gasteiger partial charge is 0.289 e. The van der Waals surface area contributed by atoms with Crippen molar-refractivity contribution >= 4 is 17.5 Å². The number of amides is 1. The molecule has 2 aromatic rings. The van der Waals surface area contributed by atoms with Gasteiger partial charge in [0.25, 0.3) is 5.91 Å². The standard InChI is InChI=1S/C14H13ClFNO2/c1-9-6-7-19-13(9)14(18)17(2)8-10-11(15)4-3-5-12(10)16/h3-7H,8H2,1-2H3. The second-order valence-electron chi connectivity index (χ2n) is 4.29. The Labute approximate surface area is 115 Å². The Morgan fingerprint density at radius 2 is 2.16 bits per heavy atom. The molecule has 1 heterocycles. The van der Waals surface area contributed by atoms with E-state index in [0.29, 0.717) is 10.6 Å². The molecule has 0 fully saturated rings. The van der Waals surface area contributed by atoms with E-state index in [4.69, 9.17) is 16.0 Å². The van der Waals surface area contributed by atoms with E-state index >= 15 is 0 Å². The van der Waals surface area contributed by atoms with Crippen LogP contribution >= 0.6 is 11.6 Å². The van der Waals surface area contributed by atoms with Crippen molar-refractivity contribution in [2.45, 2.75) is 13.5 Å². The van der Waals surface area contributed by atoms with Crippen LogP contribution in [0.15, 0.2) is 34.9 Å². The summed E-state index contributed by atoms with van der Waals surface area (Å²) in [6.45, 7) is 1.87. The van der Waals surface area contributed by atoms with Gasteiger partial charge in [-0.05, 0) is 25.1 Å². The Kier molecular flexibility index (Phi) is 3.90. The van der Waals surface area contributed by atoms with Gasteiger partial charge in [0.05, 0.1) is 12.8 Å². The van der Waals surface area contributed by atoms with E-state index in [2.05, 4.69) is 0 Å². The molecule has 1 aromatic carbocycles. The van der Waals surface area contributed by atoms with Crippen LogP contribution in [0.4, 0.5) is 4.39 Å². The van der Waals surface area contributed by atoms with E-state index in [9.17, 15) is 9.18 Å². The van der Waals surface area contributed by atoms with Gasteiger partial charge < -0.3 is 9.32 Å². The van der Waals surface area contributed by atoms with E-state index in [0.717, 1.165) is 5.56 Å². The molecular weight excluding hydrogens is 269 g/mol. The predicted octanol–water partition coefficient (Wildman–Crippen LogP) is 3.65. The number of halogens is 2. The maximum absolute atomic E-state index is 13.7. The van der Waals surface area contributed by atoms with Crippen LogP contribution in [0.5, 0.6) is 0 Å². The van der Waals surface area contributed by atoms with Gasteiger partial charge >= 0.3 is 0 Å². The summed E-state index contributed by atoms with van der Waals surface area (Å²) >= 11 is 5.93. The number of carbonyl (C=O) groups excluding carboxylic acids is 1. The monoisotopic (exact) mass is 281 g/mol. The minimum atomic E-state index is -0.427. The van der Waals surface area contributed by atoms with Gasteiger partial charge in [-0.15, -0.1) is 0 Å². The molecule has 2 rings (SSSR count). The third-order valence-corrected chi connectivity index (χ3v) is 3.21. The van der Waals surface area contributed by atoms with Gasteiger partial charge in [0, 0.05) is 23.2 Å². The zero-order valence-corrected chi connectivity index (χ0v) is 11.4. The third kappa shape index (κ3) is 2.79. The average Bonchev–Trinajstić information content (AvgIpc) is 2.79. The lowest BCUT2D eigenvalue weighted by molar-refractivity contribution is 0.0751. The molecule has 0 atom stereocenters. The molecule has 0 aliphatic heterocycles. The molecule has 0 unspecified atom stereocenters. The number of benzene rings is 1. The molecule has 0 spiro atoms. The Balaban J connectivity index is 2.20. The van der Waals surface area contributed by atoms with Gasteiger partial charge in [-0.25, -0.2) is 4.39 Å². The lowest BCUT2D eigenvalue weighted by Crippen LogP contribution is -2.27. The van der Waals surface area contributed by atoms with Crippen LogP contribution in [0.3, 0.4) is 0 Å². The lowest BCUT2D eigenvalue weighted by Gasteiger charge is -2.17. The van der Waals surface area contributed by atoms with Gasteiger partial charge in [-0.3, -0.25) is 4.79 Å². The van der Waals surface area contributed by atoms with Crippen LogP contribution in [0.25, 0.3) is 0 Å². The fourth-order valence-electron chi connectivity index (χ4n) is 1.76. The molecule has 3 nitrogen and oxygen atoms in total. The Bertz CT molecular complexity index is 589. The number of hydrogen-bond acceptors (Lipinski definition) is 2. The van der Waals surface area contributed by atoms with Crippen molar-refractivity contribution in [1.29, 1.82) is 0 Å². The fourth-order valence-corrected chi connectivity index (χ4v) is 1.98. The number of aryl methyl sites for hydroxylation is 1. The van der Waals surface area contributed by atoms with E-state index in [1.807, 2.05) is 0 Å². The summed E-state index contributed by atoms with van der Waals surface area (Å²) in [6, 6.07) is 6.14. The number of carbonyl (C=O) groups is 1. The zero-order chi connectivity index (χ0) is 14.0. The first-order valence-corrected chi connectivity index (χ1v) is 6.11. The maximum atomic E-state index is 13.7. The quantitative estimate of drug-likeness (QED) is 0.860. The van der Waals surface area contributed by atoms with Crippen molar-refractivity contribution in [3.63, 3.8) is 0 Å². The van der Waals surface area contributed by atoms with Crippen molar-refractivity contribution < 1.29 is 13.6 Å². The van der Waals surface area contributed by atoms with Crippen LogP contribution in [0.2, 0.25) is 5.02 Å². The number of rotatable bonds is 3. The molecule has 5 heteroatoms. The minimum Gasteiger partial charge on any atom is -0.459 e. The molecule has 0 N–H and O–H groups in total. The van der Waals surface area contributed by atoms with Gasteiger partial charge in [0.1, 0.15) is 5.82 Å². The lowest BCUT2D eigenvalue weighted by atomic mass is 10.2. The van der Waals surface area contributed by atoms with Crippen LogP contribution in [-0.4, -0.2) is 17.9 Å². The summed E-state index contributed by atoms with van der Waals surface area (Å²) in [6.07, 6.45) is 1.45. The summed E-state index contributed by atoms with van der Waals surface area (Å²) in [4.78, 5) is 13.5. The normalized spacial score (nSPS) is 10.5. The van der Waals surface area contributed by atoms with Crippen LogP contribution in [0, 0.1) is 12.7 Å². The highest BCUT2D eigenvalue weighted by atomic mass is 35.5. The van der Waals surface area contributed by atoms with Crippen LogP contribution in [0.1, 0.15) is 21.7 Å². The predicted molar refractivity (Wildman–Crippen MR) is 70.7 cm³/mol. The highest BCUT2D eigenvalue weighted by molar-refractivity contribution is 6.31. The molecule has 0 radical (unpaired) electrons. The highest BCUT2D eigenvalue weighted by Crippen LogP contribution is 2.21. The first-order valence-electron chi connectivity index (χ1n) is 5.73. The summed E-state index contributed by atoms with van der Waals surface area (Å²) in [5, 5.41) is 0.302. The van der Waals surface area contributed by atoms with Crippen molar-refractivity contribution in [2.24, 2.45) is 0 Å². The summed E-state index contributed by atoms with van der Waals surface area (Å²) in [7, 11) is 1.58. The molecule has 0 bridgehead atoms. The van der Waals surface area contributed by atoms with Crippen molar-refractivity contribution in [1.82, 2.24) is 4.90 Å². The number of furan rings is 1. The van der Waals surface area contributed by atoms with Crippen molar-refractivity contribution in [3.8, 4) is 0 Å². The Morgan fingerprint density at radius 1 is 1.42 bits per heavy atom. The molecule has 0 saturated carbocycles. The average molecular weight is 282 g/mol. The Morgan fingerprint density at radius 3 is 2.74 bits per heavy atom. The highest BCUT2D eigenvalue weighted by Gasteiger charge is 2.19. The second kappa shape index (κ2) is 5.45. The first kappa shape index (κ1) is 13.6. The minimum absolute atomic E-state index is 0.0878. The van der Waals surface area contributed by atoms with Crippen molar-refractivity contribution in [2.75, 3.05) is 7.05 Å². The SMILES string of the molecule is Cc1ccoc1C(=O)N(C)Cc1c(F)cccc1Cl. The second-order valence-corrected chi connectivity index (χ2v) is 4.70. The molecule has 1 amide bonds. The number of nitrogens with zero attached hydrogens (tertiary/aromatic N) is 1. The van der Waals surface area contributed by atoms with Gasteiger partial charge in [0.15, 0.2) is 5.76 Å². The van der Waals surface area contributed by atoms with E-state index in [-0.39, 0.29) is 18.2 Å². The van der Waals surface area contributed by atoms with Gasteiger partial charge in [-0.2, -0.15) is 0 Å².